The van der Waals surface area contributed by atoms with Crippen LogP contribution < -0.4 is 0 Å². The van der Waals surface area contributed by atoms with Crippen molar-refractivity contribution in [2.45, 2.75) is 44.8 Å². The van der Waals surface area contributed by atoms with Crippen molar-refractivity contribution < 1.29 is 4.74 Å². The van der Waals surface area contributed by atoms with Gasteiger partial charge in [0.05, 0.1) is 12.2 Å². The zero-order valence-corrected chi connectivity index (χ0v) is 8.18. The Morgan fingerprint density at radius 1 is 1.33 bits per heavy atom. The SMILES string of the molecule is CC(C)N1CCOC2(CCC2)C1. The molecule has 0 aromatic heterocycles. The first-order valence-corrected chi connectivity index (χ1v) is 5.10. The van der Waals surface area contributed by atoms with Gasteiger partial charge >= 0.3 is 0 Å². The second-order valence-electron chi connectivity index (χ2n) is 4.45. The van der Waals surface area contributed by atoms with Gasteiger partial charge in [-0.15, -0.1) is 0 Å². The standard InChI is InChI=1S/C10H19NO/c1-9(2)11-6-7-12-10(8-11)4-3-5-10/h9H,3-8H2,1-2H3. The molecule has 0 bridgehead atoms. The molecule has 0 radical (unpaired) electrons. The van der Waals surface area contributed by atoms with Crippen molar-refractivity contribution in [2.24, 2.45) is 0 Å². The highest BCUT2D eigenvalue weighted by Crippen LogP contribution is 2.38. The first kappa shape index (κ1) is 8.52. The zero-order valence-electron chi connectivity index (χ0n) is 8.18. The van der Waals surface area contributed by atoms with E-state index in [1.807, 2.05) is 0 Å². The van der Waals surface area contributed by atoms with E-state index in [2.05, 4.69) is 18.7 Å². The lowest BCUT2D eigenvalue weighted by atomic mass is 9.78. The third-order valence-electron chi connectivity index (χ3n) is 3.27. The summed E-state index contributed by atoms with van der Waals surface area (Å²) in [5, 5.41) is 0. The molecule has 0 amide bonds. The van der Waals surface area contributed by atoms with Crippen LogP contribution in [0.5, 0.6) is 0 Å². The predicted octanol–water partition coefficient (Wildman–Crippen LogP) is 1.65. The zero-order chi connectivity index (χ0) is 8.60. The van der Waals surface area contributed by atoms with Crippen molar-refractivity contribution >= 4 is 0 Å². The second kappa shape index (κ2) is 3.00. The van der Waals surface area contributed by atoms with E-state index >= 15 is 0 Å². The van der Waals surface area contributed by atoms with Crippen LogP contribution in [-0.4, -0.2) is 36.2 Å². The Labute approximate surface area is 74.9 Å². The van der Waals surface area contributed by atoms with Gasteiger partial charge in [0.1, 0.15) is 0 Å². The molecule has 2 nitrogen and oxygen atoms in total. The second-order valence-corrected chi connectivity index (χ2v) is 4.45. The smallest absolute Gasteiger partial charge is 0.0809 e. The maximum absolute atomic E-state index is 5.84. The molecular weight excluding hydrogens is 150 g/mol. The molecule has 2 aliphatic rings. The van der Waals surface area contributed by atoms with Gasteiger partial charge in [-0.3, -0.25) is 4.90 Å². The van der Waals surface area contributed by atoms with E-state index in [-0.39, 0.29) is 5.60 Å². The van der Waals surface area contributed by atoms with Crippen molar-refractivity contribution in [1.82, 2.24) is 4.90 Å². The van der Waals surface area contributed by atoms with Gasteiger partial charge in [-0.1, -0.05) is 0 Å². The van der Waals surface area contributed by atoms with Crippen LogP contribution in [0, 0.1) is 0 Å². The molecular formula is C10H19NO. The molecule has 1 saturated heterocycles. The summed E-state index contributed by atoms with van der Waals surface area (Å²) in [6.07, 6.45) is 3.94. The Morgan fingerprint density at radius 2 is 2.08 bits per heavy atom. The van der Waals surface area contributed by atoms with Gasteiger partial charge in [-0.05, 0) is 33.1 Å². The molecule has 70 valence electrons. The topological polar surface area (TPSA) is 12.5 Å². The van der Waals surface area contributed by atoms with Crippen molar-refractivity contribution in [3.05, 3.63) is 0 Å². The first-order chi connectivity index (χ1) is 5.72. The summed E-state index contributed by atoms with van der Waals surface area (Å²) < 4.78 is 5.84. The predicted molar refractivity (Wildman–Crippen MR) is 49.2 cm³/mol. The molecule has 1 aliphatic carbocycles. The summed E-state index contributed by atoms with van der Waals surface area (Å²) in [5.41, 5.74) is 0.280. The molecule has 1 heterocycles. The van der Waals surface area contributed by atoms with Crippen molar-refractivity contribution in [1.29, 1.82) is 0 Å². The Hall–Kier alpha value is -0.0800. The molecule has 2 fully saturated rings. The monoisotopic (exact) mass is 169 g/mol. The Bertz CT molecular complexity index is 163. The van der Waals surface area contributed by atoms with Crippen LogP contribution in [0.1, 0.15) is 33.1 Å². The summed E-state index contributed by atoms with van der Waals surface area (Å²) in [6, 6.07) is 0.686. The van der Waals surface area contributed by atoms with E-state index in [0.717, 1.165) is 13.2 Å². The molecule has 0 atom stereocenters. The molecule has 0 unspecified atom stereocenters. The molecule has 2 rings (SSSR count). The minimum atomic E-state index is 0.280. The number of nitrogens with zero attached hydrogens (tertiary/aromatic N) is 1. The summed E-state index contributed by atoms with van der Waals surface area (Å²) in [7, 11) is 0. The van der Waals surface area contributed by atoms with Crippen LogP contribution in [0.25, 0.3) is 0 Å². The third-order valence-corrected chi connectivity index (χ3v) is 3.27. The first-order valence-electron chi connectivity index (χ1n) is 5.10. The van der Waals surface area contributed by atoms with Gasteiger partial charge in [0, 0.05) is 19.1 Å². The minimum Gasteiger partial charge on any atom is -0.372 e. The van der Waals surface area contributed by atoms with Crippen molar-refractivity contribution in [3.63, 3.8) is 0 Å². The van der Waals surface area contributed by atoms with E-state index in [9.17, 15) is 0 Å². The molecule has 1 spiro atoms. The highest BCUT2D eigenvalue weighted by Gasteiger charge is 2.42. The Kier molecular flexibility index (Phi) is 2.13. The fourth-order valence-electron chi connectivity index (χ4n) is 2.19. The van der Waals surface area contributed by atoms with Gasteiger partial charge in [0.15, 0.2) is 0 Å². The average Bonchev–Trinajstić information content (AvgIpc) is 2.02. The number of hydrogen-bond donors (Lipinski definition) is 0. The lowest BCUT2D eigenvalue weighted by Gasteiger charge is -2.49. The maximum atomic E-state index is 5.84. The fraction of sp³-hybridized carbons (Fsp3) is 1.00. The van der Waals surface area contributed by atoms with Gasteiger partial charge in [-0.2, -0.15) is 0 Å². The van der Waals surface area contributed by atoms with Crippen molar-refractivity contribution in [3.8, 4) is 0 Å². The maximum Gasteiger partial charge on any atom is 0.0809 e. The number of hydrogen-bond acceptors (Lipinski definition) is 2. The Morgan fingerprint density at radius 3 is 2.58 bits per heavy atom. The van der Waals surface area contributed by atoms with E-state index in [1.165, 1.54) is 25.8 Å². The highest BCUT2D eigenvalue weighted by atomic mass is 16.5. The van der Waals surface area contributed by atoms with Crippen LogP contribution in [-0.2, 0) is 4.74 Å². The van der Waals surface area contributed by atoms with Crippen LogP contribution in [0.4, 0.5) is 0 Å². The molecule has 1 aliphatic heterocycles. The largest absolute Gasteiger partial charge is 0.372 e. The summed E-state index contributed by atoms with van der Waals surface area (Å²) >= 11 is 0. The normalized spacial score (nSPS) is 29.2. The minimum absolute atomic E-state index is 0.280. The quantitative estimate of drug-likeness (QED) is 0.592. The molecule has 0 N–H and O–H groups in total. The molecule has 12 heavy (non-hydrogen) atoms. The number of morpholine rings is 1. The third kappa shape index (κ3) is 1.38. The lowest BCUT2D eigenvalue weighted by Crippen LogP contribution is -2.57. The Balaban J connectivity index is 1.94. The van der Waals surface area contributed by atoms with Gasteiger partial charge in [0.25, 0.3) is 0 Å². The van der Waals surface area contributed by atoms with Crippen LogP contribution in [0.3, 0.4) is 0 Å². The van der Waals surface area contributed by atoms with E-state index < -0.39 is 0 Å². The average molecular weight is 169 g/mol. The van der Waals surface area contributed by atoms with E-state index in [0.29, 0.717) is 6.04 Å². The van der Waals surface area contributed by atoms with E-state index in [4.69, 9.17) is 4.74 Å². The van der Waals surface area contributed by atoms with Gasteiger partial charge in [-0.25, -0.2) is 0 Å². The van der Waals surface area contributed by atoms with Gasteiger partial charge < -0.3 is 4.74 Å². The van der Waals surface area contributed by atoms with Crippen molar-refractivity contribution in [2.75, 3.05) is 19.7 Å². The lowest BCUT2D eigenvalue weighted by molar-refractivity contribution is -0.156. The molecule has 0 aromatic rings. The summed E-state index contributed by atoms with van der Waals surface area (Å²) in [6.45, 7) is 7.79. The molecule has 1 saturated carbocycles. The summed E-state index contributed by atoms with van der Waals surface area (Å²) in [4.78, 5) is 2.54. The van der Waals surface area contributed by atoms with E-state index in [1.54, 1.807) is 0 Å². The molecule has 0 aromatic carbocycles. The van der Waals surface area contributed by atoms with Gasteiger partial charge in [0.2, 0.25) is 0 Å². The van der Waals surface area contributed by atoms with Crippen LogP contribution in [0.15, 0.2) is 0 Å². The molecule has 2 heteroatoms. The highest BCUT2D eigenvalue weighted by molar-refractivity contribution is 4.95. The number of ether oxygens (including phenoxy) is 1. The van der Waals surface area contributed by atoms with Crippen LogP contribution in [0.2, 0.25) is 0 Å². The fourth-order valence-corrected chi connectivity index (χ4v) is 2.19. The number of rotatable bonds is 1. The summed E-state index contributed by atoms with van der Waals surface area (Å²) in [5.74, 6) is 0. The van der Waals surface area contributed by atoms with Crippen LogP contribution >= 0.6 is 0 Å².